The number of ether oxygens (including phenoxy) is 1. The highest BCUT2D eigenvalue weighted by molar-refractivity contribution is 5.86. The second kappa shape index (κ2) is 8.36. The summed E-state index contributed by atoms with van der Waals surface area (Å²) in [6.07, 6.45) is -0.808. The number of hydrogen-bond acceptors (Lipinski definition) is 3. The quantitative estimate of drug-likeness (QED) is 0.411. The average Bonchev–Trinajstić information content (AvgIpc) is 3.21. The Balaban J connectivity index is 1.46. The molecule has 0 aliphatic carbocycles. The lowest BCUT2D eigenvalue weighted by molar-refractivity contribution is -0.144. The van der Waals surface area contributed by atoms with Gasteiger partial charge in [0.25, 0.3) is 0 Å². The number of hydrogen-bond donors (Lipinski definition) is 3. The second-order valence-electron chi connectivity index (χ2n) is 7.46. The maximum atomic E-state index is 12.4. The Kier molecular flexibility index (Phi) is 5.45. The van der Waals surface area contributed by atoms with E-state index in [0.717, 1.165) is 22.0 Å². The van der Waals surface area contributed by atoms with Crippen LogP contribution in [0.2, 0.25) is 0 Å². The number of H-pyrrole nitrogens is 1. The standard InChI is InChI=1S/C25H22N2O4/c1-25(23(28)29,20-10-6-3-7-11-20)27-24(30)31-16-21-15-19-14-18(12-13-22(19)26-21)17-8-4-2-5-9-17/h2-15,26H,16H2,1H3,(H,27,30)(H,28,29). The summed E-state index contributed by atoms with van der Waals surface area (Å²) >= 11 is 0. The number of carbonyl (C=O) groups excluding carboxylic acids is 1. The van der Waals surface area contributed by atoms with Crippen molar-refractivity contribution in [1.29, 1.82) is 0 Å². The number of aromatic nitrogens is 1. The van der Waals surface area contributed by atoms with Crippen LogP contribution in [0.25, 0.3) is 22.0 Å². The van der Waals surface area contributed by atoms with Gasteiger partial charge in [-0.05, 0) is 41.8 Å². The molecular weight excluding hydrogens is 392 g/mol. The number of rotatable bonds is 6. The minimum absolute atomic E-state index is 0.00826. The zero-order chi connectivity index (χ0) is 21.8. The van der Waals surface area contributed by atoms with E-state index in [1.54, 1.807) is 30.3 Å². The van der Waals surface area contributed by atoms with Crippen LogP contribution >= 0.6 is 0 Å². The first-order valence-electron chi connectivity index (χ1n) is 9.86. The third-order valence-corrected chi connectivity index (χ3v) is 5.27. The highest BCUT2D eigenvalue weighted by Gasteiger charge is 2.37. The molecule has 6 nitrogen and oxygen atoms in total. The third-order valence-electron chi connectivity index (χ3n) is 5.27. The second-order valence-corrected chi connectivity index (χ2v) is 7.46. The number of carbonyl (C=O) groups is 2. The fraction of sp³-hybridized carbons (Fsp3) is 0.120. The molecular formula is C25H22N2O4. The molecule has 1 aromatic heterocycles. The van der Waals surface area contributed by atoms with Crippen molar-refractivity contribution in [3.63, 3.8) is 0 Å². The van der Waals surface area contributed by atoms with Gasteiger partial charge in [0.1, 0.15) is 6.61 Å². The summed E-state index contributed by atoms with van der Waals surface area (Å²) in [6, 6.07) is 26.6. The van der Waals surface area contributed by atoms with Crippen LogP contribution in [0.15, 0.2) is 84.9 Å². The van der Waals surface area contributed by atoms with Gasteiger partial charge in [0.2, 0.25) is 0 Å². The number of amides is 1. The van der Waals surface area contributed by atoms with Crippen LogP contribution in [0.3, 0.4) is 0 Å². The molecule has 156 valence electrons. The molecule has 0 aliphatic heterocycles. The smallest absolute Gasteiger partial charge is 0.408 e. The summed E-state index contributed by atoms with van der Waals surface area (Å²) in [5, 5.41) is 13.1. The average molecular weight is 414 g/mol. The number of aromatic amines is 1. The van der Waals surface area contributed by atoms with Crippen molar-refractivity contribution < 1.29 is 19.4 Å². The van der Waals surface area contributed by atoms with Crippen LogP contribution < -0.4 is 5.32 Å². The van der Waals surface area contributed by atoms with E-state index in [1.807, 2.05) is 48.5 Å². The Morgan fingerprint density at radius 2 is 1.61 bits per heavy atom. The van der Waals surface area contributed by atoms with E-state index in [9.17, 15) is 14.7 Å². The van der Waals surface area contributed by atoms with Crippen LogP contribution in [0.5, 0.6) is 0 Å². The highest BCUT2D eigenvalue weighted by Crippen LogP contribution is 2.25. The Morgan fingerprint density at radius 3 is 2.29 bits per heavy atom. The largest absolute Gasteiger partial charge is 0.479 e. The molecule has 0 saturated heterocycles. The van der Waals surface area contributed by atoms with Gasteiger partial charge < -0.3 is 20.1 Å². The van der Waals surface area contributed by atoms with E-state index >= 15 is 0 Å². The molecule has 6 heteroatoms. The summed E-state index contributed by atoms with van der Waals surface area (Å²) in [4.78, 5) is 27.4. The molecule has 0 saturated carbocycles. The van der Waals surface area contributed by atoms with Gasteiger partial charge >= 0.3 is 12.1 Å². The number of fused-ring (bicyclic) bond motifs is 1. The summed E-state index contributed by atoms with van der Waals surface area (Å²) in [6.45, 7) is 1.42. The van der Waals surface area contributed by atoms with Gasteiger partial charge in [0.05, 0.1) is 5.69 Å². The van der Waals surface area contributed by atoms with Crippen molar-refractivity contribution in [3.05, 3.63) is 96.2 Å². The van der Waals surface area contributed by atoms with Crippen molar-refractivity contribution in [1.82, 2.24) is 10.3 Å². The molecule has 0 fully saturated rings. The maximum absolute atomic E-state index is 12.4. The summed E-state index contributed by atoms with van der Waals surface area (Å²) in [7, 11) is 0. The van der Waals surface area contributed by atoms with Crippen LogP contribution in [-0.4, -0.2) is 22.2 Å². The lowest BCUT2D eigenvalue weighted by atomic mass is 9.92. The molecule has 0 aliphatic rings. The number of nitrogens with one attached hydrogen (secondary N) is 2. The minimum atomic E-state index is -1.59. The molecule has 1 atom stereocenters. The minimum Gasteiger partial charge on any atom is -0.479 e. The lowest BCUT2D eigenvalue weighted by Gasteiger charge is -2.26. The van der Waals surface area contributed by atoms with E-state index in [2.05, 4.69) is 16.4 Å². The number of carboxylic acids is 1. The zero-order valence-electron chi connectivity index (χ0n) is 17.0. The lowest BCUT2D eigenvalue weighted by Crippen LogP contribution is -2.49. The SMILES string of the molecule is CC(NC(=O)OCc1cc2cc(-c3ccccc3)ccc2[nH]1)(C(=O)O)c1ccccc1. The molecule has 1 amide bonds. The monoisotopic (exact) mass is 414 g/mol. The van der Waals surface area contributed by atoms with Crippen molar-refractivity contribution in [2.75, 3.05) is 0 Å². The molecule has 31 heavy (non-hydrogen) atoms. The van der Waals surface area contributed by atoms with Crippen LogP contribution in [0.1, 0.15) is 18.2 Å². The molecule has 3 aromatic carbocycles. The molecule has 4 rings (SSSR count). The molecule has 0 spiro atoms. The topological polar surface area (TPSA) is 91.4 Å². The van der Waals surface area contributed by atoms with Gasteiger partial charge in [-0.1, -0.05) is 66.7 Å². The first-order chi connectivity index (χ1) is 15.0. The molecule has 0 radical (unpaired) electrons. The van der Waals surface area contributed by atoms with E-state index in [0.29, 0.717) is 11.3 Å². The van der Waals surface area contributed by atoms with Crippen molar-refractivity contribution in [2.24, 2.45) is 0 Å². The third kappa shape index (κ3) is 4.28. The fourth-order valence-corrected chi connectivity index (χ4v) is 3.48. The van der Waals surface area contributed by atoms with Crippen molar-refractivity contribution in [2.45, 2.75) is 19.1 Å². The fourth-order valence-electron chi connectivity index (χ4n) is 3.48. The van der Waals surface area contributed by atoms with Gasteiger partial charge in [-0.15, -0.1) is 0 Å². The predicted molar refractivity (Wildman–Crippen MR) is 118 cm³/mol. The number of aliphatic carboxylic acids is 1. The molecule has 1 heterocycles. The van der Waals surface area contributed by atoms with Crippen LogP contribution in [-0.2, 0) is 21.7 Å². The summed E-state index contributed by atoms with van der Waals surface area (Å²) in [5.74, 6) is -1.17. The van der Waals surface area contributed by atoms with Crippen LogP contribution in [0.4, 0.5) is 4.79 Å². The van der Waals surface area contributed by atoms with E-state index in [1.165, 1.54) is 6.92 Å². The van der Waals surface area contributed by atoms with E-state index < -0.39 is 17.6 Å². The van der Waals surface area contributed by atoms with Crippen LogP contribution in [0, 0.1) is 0 Å². The van der Waals surface area contributed by atoms with Gasteiger partial charge in [-0.25, -0.2) is 9.59 Å². The molecule has 0 bridgehead atoms. The van der Waals surface area contributed by atoms with Gasteiger partial charge in [0, 0.05) is 10.9 Å². The Morgan fingerprint density at radius 1 is 0.935 bits per heavy atom. The molecule has 4 aromatic rings. The number of alkyl carbamates (subject to hydrolysis) is 1. The van der Waals surface area contributed by atoms with Gasteiger partial charge in [0.15, 0.2) is 5.54 Å². The molecule has 1 unspecified atom stereocenters. The van der Waals surface area contributed by atoms with Crippen molar-refractivity contribution >= 4 is 23.0 Å². The Labute approximate surface area is 179 Å². The van der Waals surface area contributed by atoms with E-state index in [-0.39, 0.29) is 6.61 Å². The van der Waals surface area contributed by atoms with Crippen molar-refractivity contribution in [3.8, 4) is 11.1 Å². The van der Waals surface area contributed by atoms with Gasteiger partial charge in [-0.2, -0.15) is 0 Å². The Bertz CT molecular complexity index is 1220. The number of carboxylic acid groups (broad SMARTS) is 1. The highest BCUT2D eigenvalue weighted by atomic mass is 16.5. The zero-order valence-corrected chi connectivity index (χ0v) is 17.0. The normalized spacial score (nSPS) is 12.8. The summed E-state index contributed by atoms with van der Waals surface area (Å²) in [5.41, 5.74) is 2.72. The number of benzene rings is 3. The van der Waals surface area contributed by atoms with Gasteiger partial charge in [-0.3, -0.25) is 0 Å². The maximum Gasteiger partial charge on any atom is 0.408 e. The predicted octanol–water partition coefficient (Wildman–Crippen LogP) is 5.06. The summed E-state index contributed by atoms with van der Waals surface area (Å²) < 4.78 is 5.30. The molecule has 3 N–H and O–H groups in total. The first kappa shape index (κ1) is 20.2. The Hall–Kier alpha value is -4.06. The first-order valence-corrected chi connectivity index (χ1v) is 9.86. The van der Waals surface area contributed by atoms with E-state index in [4.69, 9.17) is 4.74 Å².